The number of aromatic nitrogens is 2. The Morgan fingerprint density at radius 3 is 2.79 bits per heavy atom. The van der Waals surface area contributed by atoms with Gasteiger partial charge in [-0.1, -0.05) is 6.92 Å². The van der Waals surface area contributed by atoms with Crippen LogP contribution in [0.1, 0.15) is 18.9 Å². The van der Waals surface area contributed by atoms with Gasteiger partial charge in [-0.3, -0.25) is 0 Å². The maximum absolute atomic E-state index is 5.73. The van der Waals surface area contributed by atoms with Gasteiger partial charge in [0.05, 0.1) is 6.20 Å². The van der Waals surface area contributed by atoms with Crippen LogP contribution in [0, 0.1) is 6.92 Å². The van der Waals surface area contributed by atoms with Crippen LogP contribution >= 0.6 is 11.6 Å². The summed E-state index contributed by atoms with van der Waals surface area (Å²) in [5.74, 6) is 1.54. The molecule has 0 radical (unpaired) electrons. The molecule has 0 aromatic carbocycles. The second-order valence-electron chi connectivity index (χ2n) is 3.27. The van der Waals surface area contributed by atoms with E-state index in [0.717, 1.165) is 30.9 Å². The SMILES string of the molecule is CCCN(CCCl)c1cc(C)cnn1. The molecule has 0 atom stereocenters. The van der Waals surface area contributed by atoms with E-state index in [9.17, 15) is 0 Å². The van der Waals surface area contributed by atoms with Gasteiger partial charge in [-0.15, -0.1) is 16.7 Å². The number of rotatable bonds is 5. The summed E-state index contributed by atoms with van der Waals surface area (Å²) in [6.07, 6.45) is 2.85. The van der Waals surface area contributed by atoms with Crippen molar-refractivity contribution in [3.05, 3.63) is 17.8 Å². The Hall–Kier alpha value is -0.830. The lowest BCUT2D eigenvalue weighted by atomic mass is 10.3. The molecule has 0 bridgehead atoms. The van der Waals surface area contributed by atoms with E-state index in [1.165, 1.54) is 0 Å². The lowest BCUT2D eigenvalue weighted by Crippen LogP contribution is -2.27. The average molecular weight is 214 g/mol. The highest BCUT2D eigenvalue weighted by Gasteiger charge is 2.06. The number of anilines is 1. The highest BCUT2D eigenvalue weighted by atomic mass is 35.5. The molecule has 0 fully saturated rings. The quantitative estimate of drug-likeness (QED) is 0.703. The van der Waals surface area contributed by atoms with Crippen LogP contribution in [-0.4, -0.2) is 29.2 Å². The first-order valence-electron chi connectivity index (χ1n) is 4.88. The molecule has 14 heavy (non-hydrogen) atoms. The third kappa shape index (κ3) is 3.14. The van der Waals surface area contributed by atoms with Gasteiger partial charge in [0.1, 0.15) is 0 Å². The standard InChI is InChI=1S/C10H16ClN3/c1-3-5-14(6-4-11)10-7-9(2)8-12-13-10/h7-8H,3-6H2,1-2H3. The summed E-state index contributed by atoms with van der Waals surface area (Å²) in [6.45, 7) is 5.96. The van der Waals surface area contributed by atoms with E-state index in [1.807, 2.05) is 13.0 Å². The monoisotopic (exact) mass is 213 g/mol. The summed E-state index contributed by atoms with van der Waals surface area (Å²) >= 11 is 5.73. The maximum atomic E-state index is 5.73. The molecule has 0 unspecified atom stereocenters. The normalized spacial score (nSPS) is 10.2. The minimum atomic E-state index is 0.621. The van der Waals surface area contributed by atoms with Gasteiger partial charge in [-0.2, -0.15) is 5.10 Å². The lowest BCUT2D eigenvalue weighted by molar-refractivity contribution is 0.767. The molecule has 0 N–H and O–H groups in total. The molecule has 0 saturated heterocycles. The van der Waals surface area contributed by atoms with Crippen molar-refractivity contribution in [2.45, 2.75) is 20.3 Å². The molecule has 1 aromatic rings. The first-order valence-corrected chi connectivity index (χ1v) is 5.41. The van der Waals surface area contributed by atoms with E-state index < -0.39 is 0 Å². The molecule has 1 aromatic heterocycles. The van der Waals surface area contributed by atoms with Gasteiger partial charge in [0.2, 0.25) is 0 Å². The van der Waals surface area contributed by atoms with Crippen LogP contribution in [0.4, 0.5) is 5.82 Å². The predicted octanol–water partition coefficient (Wildman–Crippen LogP) is 2.24. The summed E-state index contributed by atoms with van der Waals surface area (Å²) in [5, 5.41) is 8.03. The van der Waals surface area contributed by atoms with Crippen LogP contribution in [0.15, 0.2) is 12.3 Å². The molecule has 0 amide bonds. The van der Waals surface area contributed by atoms with Gasteiger partial charge < -0.3 is 4.90 Å². The Morgan fingerprint density at radius 1 is 1.43 bits per heavy atom. The van der Waals surface area contributed by atoms with Crippen molar-refractivity contribution in [2.75, 3.05) is 23.9 Å². The highest BCUT2D eigenvalue weighted by molar-refractivity contribution is 6.18. The van der Waals surface area contributed by atoms with Gasteiger partial charge in [-0.05, 0) is 25.0 Å². The van der Waals surface area contributed by atoms with E-state index in [1.54, 1.807) is 6.20 Å². The zero-order valence-corrected chi connectivity index (χ0v) is 9.46. The molecule has 3 nitrogen and oxygen atoms in total. The molecule has 1 rings (SSSR count). The smallest absolute Gasteiger partial charge is 0.151 e. The summed E-state index contributed by atoms with van der Waals surface area (Å²) in [6, 6.07) is 2.04. The van der Waals surface area contributed by atoms with Gasteiger partial charge in [0.15, 0.2) is 5.82 Å². The number of halogens is 1. The van der Waals surface area contributed by atoms with E-state index in [-0.39, 0.29) is 0 Å². The van der Waals surface area contributed by atoms with E-state index in [0.29, 0.717) is 5.88 Å². The molecular formula is C10H16ClN3. The molecular weight excluding hydrogens is 198 g/mol. The van der Waals surface area contributed by atoms with Crippen molar-refractivity contribution in [2.24, 2.45) is 0 Å². The van der Waals surface area contributed by atoms with Crippen molar-refractivity contribution in [3.63, 3.8) is 0 Å². The van der Waals surface area contributed by atoms with E-state index in [2.05, 4.69) is 22.0 Å². The molecule has 0 saturated carbocycles. The summed E-state index contributed by atoms with van der Waals surface area (Å²) in [4.78, 5) is 2.16. The fourth-order valence-corrected chi connectivity index (χ4v) is 1.52. The second kappa shape index (κ2) is 5.81. The molecule has 4 heteroatoms. The number of hydrogen-bond acceptors (Lipinski definition) is 3. The van der Waals surface area contributed by atoms with Gasteiger partial charge in [0, 0.05) is 19.0 Å². The van der Waals surface area contributed by atoms with E-state index >= 15 is 0 Å². The van der Waals surface area contributed by atoms with Crippen LogP contribution in [0.5, 0.6) is 0 Å². The largest absolute Gasteiger partial charge is 0.354 e. The number of nitrogens with zero attached hydrogens (tertiary/aromatic N) is 3. The summed E-state index contributed by atoms with van der Waals surface area (Å²) in [7, 11) is 0. The Bertz CT molecular complexity index is 272. The van der Waals surface area contributed by atoms with Gasteiger partial charge in [-0.25, -0.2) is 0 Å². The van der Waals surface area contributed by atoms with Crippen molar-refractivity contribution in [1.82, 2.24) is 10.2 Å². The fourth-order valence-electron chi connectivity index (χ4n) is 1.32. The van der Waals surface area contributed by atoms with Crippen molar-refractivity contribution >= 4 is 17.4 Å². The zero-order chi connectivity index (χ0) is 10.4. The third-order valence-electron chi connectivity index (χ3n) is 1.95. The Balaban J connectivity index is 2.75. The van der Waals surface area contributed by atoms with Gasteiger partial charge in [0.25, 0.3) is 0 Å². The summed E-state index contributed by atoms with van der Waals surface area (Å²) < 4.78 is 0. The first-order chi connectivity index (χ1) is 6.77. The number of alkyl halides is 1. The molecule has 0 aliphatic rings. The Morgan fingerprint density at radius 2 is 2.21 bits per heavy atom. The minimum Gasteiger partial charge on any atom is -0.354 e. The topological polar surface area (TPSA) is 29.0 Å². The van der Waals surface area contributed by atoms with E-state index in [4.69, 9.17) is 11.6 Å². The average Bonchev–Trinajstić information content (AvgIpc) is 2.17. The molecule has 0 spiro atoms. The first kappa shape index (κ1) is 11.2. The van der Waals surface area contributed by atoms with Crippen molar-refractivity contribution < 1.29 is 0 Å². The van der Waals surface area contributed by atoms with Crippen LogP contribution in [0.3, 0.4) is 0 Å². The highest BCUT2D eigenvalue weighted by Crippen LogP contribution is 2.11. The molecule has 0 aliphatic carbocycles. The van der Waals surface area contributed by atoms with Crippen molar-refractivity contribution in [3.8, 4) is 0 Å². The second-order valence-corrected chi connectivity index (χ2v) is 3.65. The van der Waals surface area contributed by atoms with Crippen LogP contribution in [0.2, 0.25) is 0 Å². The fraction of sp³-hybridized carbons (Fsp3) is 0.600. The Kier molecular flexibility index (Phi) is 4.66. The number of aryl methyl sites for hydroxylation is 1. The third-order valence-corrected chi connectivity index (χ3v) is 2.12. The molecule has 0 aliphatic heterocycles. The van der Waals surface area contributed by atoms with Crippen LogP contribution in [0.25, 0.3) is 0 Å². The van der Waals surface area contributed by atoms with Crippen LogP contribution < -0.4 is 4.90 Å². The molecule has 1 heterocycles. The predicted molar refractivity (Wildman–Crippen MR) is 60.0 cm³/mol. The van der Waals surface area contributed by atoms with Crippen molar-refractivity contribution in [1.29, 1.82) is 0 Å². The van der Waals surface area contributed by atoms with Crippen LogP contribution in [-0.2, 0) is 0 Å². The summed E-state index contributed by atoms with van der Waals surface area (Å²) in [5.41, 5.74) is 1.13. The zero-order valence-electron chi connectivity index (χ0n) is 8.70. The minimum absolute atomic E-state index is 0.621. The molecule has 78 valence electrons. The van der Waals surface area contributed by atoms with Gasteiger partial charge >= 0.3 is 0 Å². The maximum Gasteiger partial charge on any atom is 0.151 e. The lowest BCUT2D eigenvalue weighted by Gasteiger charge is -2.21. The number of hydrogen-bond donors (Lipinski definition) is 0. The Labute approximate surface area is 90.1 Å².